The first-order valence-corrected chi connectivity index (χ1v) is 9.62. The van der Waals surface area contributed by atoms with Crippen LogP contribution in [0.25, 0.3) is 0 Å². The van der Waals surface area contributed by atoms with E-state index >= 15 is 0 Å². The highest BCUT2D eigenvalue weighted by Gasteiger charge is 2.24. The maximum Gasteiger partial charge on any atom is 0.224 e. The molecule has 25 heavy (non-hydrogen) atoms. The summed E-state index contributed by atoms with van der Waals surface area (Å²) in [6, 6.07) is 10.7. The van der Waals surface area contributed by atoms with Crippen molar-refractivity contribution in [2.75, 3.05) is 19.6 Å². The van der Waals surface area contributed by atoms with E-state index in [0.717, 1.165) is 32.4 Å². The third-order valence-corrected chi connectivity index (χ3v) is 5.15. The van der Waals surface area contributed by atoms with Gasteiger partial charge in [-0.25, -0.2) is 0 Å². The van der Waals surface area contributed by atoms with Crippen LogP contribution in [0.1, 0.15) is 52.0 Å². The Hall–Kier alpha value is -1.84. The number of carbonyl (C=O) groups excluding carboxylic acids is 2. The maximum atomic E-state index is 12.5. The summed E-state index contributed by atoms with van der Waals surface area (Å²) < 4.78 is 0. The number of amides is 2. The molecule has 138 valence electrons. The van der Waals surface area contributed by atoms with Gasteiger partial charge in [0.15, 0.2) is 0 Å². The fourth-order valence-electron chi connectivity index (χ4n) is 3.58. The molecule has 1 saturated heterocycles. The molecular weight excluding hydrogens is 312 g/mol. The molecule has 0 unspecified atom stereocenters. The van der Waals surface area contributed by atoms with E-state index in [9.17, 15) is 9.59 Å². The lowest BCUT2D eigenvalue weighted by atomic mass is 9.90. The molecule has 2 rings (SSSR count). The van der Waals surface area contributed by atoms with Crippen molar-refractivity contribution in [3.63, 3.8) is 0 Å². The second-order valence-corrected chi connectivity index (χ2v) is 7.30. The summed E-state index contributed by atoms with van der Waals surface area (Å²) in [6.45, 7) is 8.11. The highest BCUT2D eigenvalue weighted by molar-refractivity contribution is 5.79. The van der Waals surface area contributed by atoms with Crippen LogP contribution in [0.5, 0.6) is 0 Å². The normalized spacial score (nSPS) is 15.4. The molecule has 1 aliphatic rings. The number of carbonyl (C=O) groups is 2. The molecule has 1 aliphatic heterocycles. The predicted molar refractivity (Wildman–Crippen MR) is 101 cm³/mol. The van der Waals surface area contributed by atoms with Crippen molar-refractivity contribution >= 4 is 11.8 Å². The van der Waals surface area contributed by atoms with Gasteiger partial charge < -0.3 is 9.80 Å². The number of hydrogen-bond acceptors (Lipinski definition) is 2. The SMILES string of the molecule is CCC(=O)N(CCC(=O)N1CCC(Cc2ccccc2)CC1)C(C)C. The summed E-state index contributed by atoms with van der Waals surface area (Å²) in [6.07, 6.45) is 4.18. The minimum atomic E-state index is 0.129. The minimum absolute atomic E-state index is 0.129. The van der Waals surface area contributed by atoms with E-state index in [0.29, 0.717) is 25.3 Å². The zero-order valence-corrected chi connectivity index (χ0v) is 15.9. The second-order valence-electron chi connectivity index (χ2n) is 7.30. The first-order chi connectivity index (χ1) is 12.0. The average Bonchev–Trinajstić information content (AvgIpc) is 2.62. The van der Waals surface area contributed by atoms with Crippen LogP contribution in [-0.4, -0.2) is 47.3 Å². The lowest BCUT2D eigenvalue weighted by molar-refractivity contribution is -0.136. The third kappa shape index (κ3) is 5.87. The van der Waals surface area contributed by atoms with Crippen molar-refractivity contribution in [1.29, 1.82) is 0 Å². The van der Waals surface area contributed by atoms with Crippen molar-refractivity contribution in [2.45, 2.75) is 58.9 Å². The van der Waals surface area contributed by atoms with Gasteiger partial charge in [-0.05, 0) is 44.6 Å². The van der Waals surface area contributed by atoms with Crippen LogP contribution in [0.4, 0.5) is 0 Å². The first-order valence-electron chi connectivity index (χ1n) is 9.62. The largest absolute Gasteiger partial charge is 0.343 e. The summed E-state index contributed by atoms with van der Waals surface area (Å²) in [7, 11) is 0. The molecule has 1 fully saturated rings. The Labute approximate surface area is 152 Å². The van der Waals surface area contributed by atoms with Gasteiger partial charge in [-0.15, -0.1) is 0 Å². The summed E-state index contributed by atoms with van der Waals surface area (Å²) in [5, 5.41) is 0. The number of nitrogens with zero attached hydrogens (tertiary/aromatic N) is 2. The third-order valence-electron chi connectivity index (χ3n) is 5.15. The Morgan fingerprint density at radius 1 is 1.16 bits per heavy atom. The van der Waals surface area contributed by atoms with Crippen molar-refractivity contribution in [3.8, 4) is 0 Å². The highest BCUT2D eigenvalue weighted by Crippen LogP contribution is 2.22. The van der Waals surface area contributed by atoms with E-state index in [1.165, 1.54) is 5.56 Å². The van der Waals surface area contributed by atoms with Crippen LogP contribution in [0.15, 0.2) is 30.3 Å². The van der Waals surface area contributed by atoms with E-state index in [-0.39, 0.29) is 17.9 Å². The quantitative estimate of drug-likeness (QED) is 0.759. The topological polar surface area (TPSA) is 40.6 Å². The molecule has 0 bridgehead atoms. The summed E-state index contributed by atoms with van der Waals surface area (Å²) in [5.41, 5.74) is 1.39. The van der Waals surface area contributed by atoms with E-state index < -0.39 is 0 Å². The first kappa shape index (κ1) is 19.5. The highest BCUT2D eigenvalue weighted by atomic mass is 16.2. The van der Waals surface area contributed by atoms with E-state index in [1.807, 2.05) is 30.6 Å². The fraction of sp³-hybridized carbons (Fsp3) is 0.619. The minimum Gasteiger partial charge on any atom is -0.343 e. The zero-order valence-electron chi connectivity index (χ0n) is 15.9. The van der Waals surface area contributed by atoms with Gasteiger partial charge in [-0.2, -0.15) is 0 Å². The standard InChI is InChI=1S/C21H32N2O2/c1-4-20(24)23(17(2)3)15-12-21(25)22-13-10-19(11-14-22)16-18-8-6-5-7-9-18/h5-9,17,19H,4,10-16H2,1-3H3. The van der Waals surface area contributed by atoms with Crippen LogP contribution < -0.4 is 0 Å². The predicted octanol–water partition coefficient (Wildman–Crippen LogP) is 3.50. The van der Waals surface area contributed by atoms with Crippen LogP contribution in [0.2, 0.25) is 0 Å². The second kappa shape index (κ2) is 9.59. The maximum absolute atomic E-state index is 12.5. The van der Waals surface area contributed by atoms with E-state index in [2.05, 4.69) is 30.3 Å². The van der Waals surface area contributed by atoms with Gasteiger partial charge in [0.25, 0.3) is 0 Å². The van der Waals surface area contributed by atoms with Gasteiger partial charge in [0.05, 0.1) is 0 Å². The lowest BCUT2D eigenvalue weighted by Crippen LogP contribution is -2.42. The van der Waals surface area contributed by atoms with E-state index in [4.69, 9.17) is 0 Å². The van der Waals surface area contributed by atoms with Crippen LogP contribution in [0, 0.1) is 5.92 Å². The van der Waals surface area contributed by atoms with Crippen molar-refractivity contribution in [3.05, 3.63) is 35.9 Å². The zero-order chi connectivity index (χ0) is 18.2. The van der Waals surface area contributed by atoms with Gasteiger partial charge in [-0.1, -0.05) is 37.3 Å². The molecule has 0 atom stereocenters. The van der Waals surface area contributed by atoms with Crippen molar-refractivity contribution in [1.82, 2.24) is 9.80 Å². The van der Waals surface area contributed by atoms with Crippen LogP contribution >= 0.6 is 0 Å². The molecule has 0 aliphatic carbocycles. The van der Waals surface area contributed by atoms with Crippen molar-refractivity contribution < 1.29 is 9.59 Å². The Morgan fingerprint density at radius 3 is 2.36 bits per heavy atom. The number of hydrogen-bond donors (Lipinski definition) is 0. The number of rotatable bonds is 7. The molecule has 4 nitrogen and oxygen atoms in total. The number of benzene rings is 1. The molecule has 2 amide bonds. The molecule has 1 aromatic carbocycles. The van der Waals surface area contributed by atoms with Crippen molar-refractivity contribution in [2.24, 2.45) is 5.92 Å². The van der Waals surface area contributed by atoms with Crippen LogP contribution in [0.3, 0.4) is 0 Å². The Bertz CT molecular complexity index is 548. The molecule has 0 spiro atoms. The van der Waals surface area contributed by atoms with Crippen LogP contribution in [-0.2, 0) is 16.0 Å². The average molecular weight is 344 g/mol. The Morgan fingerprint density at radius 2 is 1.80 bits per heavy atom. The molecular formula is C21H32N2O2. The van der Waals surface area contributed by atoms with Gasteiger partial charge in [0, 0.05) is 38.5 Å². The van der Waals surface area contributed by atoms with Gasteiger partial charge >= 0.3 is 0 Å². The fourth-order valence-corrected chi connectivity index (χ4v) is 3.58. The molecule has 0 saturated carbocycles. The molecule has 1 heterocycles. The molecule has 4 heteroatoms. The van der Waals surface area contributed by atoms with Gasteiger partial charge in [-0.3, -0.25) is 9.59 Å². The summed E-state index contributed by atoms with van der Waals surface area (Å²) in [5.74, 6) is 0.984. The molecule has 0 N–H and O–H groups in total. The monoisotopic (exact) mass is 344 g/mol. The summed E-state index contributed by atoms with van der Waals surface area (Å²) in [4.78, 5) is 28.3. The molecule has 1 aromatic rings. The van der Waals surface area contributed by atoms with E-state index in [1.54, 1.807) is 0 Å². The van der Waals surface area contributed by atoms with Gasteiger partial charge in [0.2, 0.25) is 11.8 Å². The Balaban J connectivity index is 1.76. The molecule has 0 radical (unpaired) electrons. The molecule has 0 aromatic heterocycles. The summed E-state index contributed by atoms with van der Waals surface area (Å²) >= 11 is 0. The lowest BCUT2D eigenvalue weighted by Gasteiger charge is -2.33. The Kier molecular flexibility index (Phi) is 7.48. The number of likely N-dealkylation sites (tertiary alicyclic amines) is 1. The van der Waals surface area contributed by atoms with Gasteiger partial charge in [0.1, 0.15) is 0 Å². The smallest absolute Gasteiger partial charge is 0.224 e. The number of piperidine rings is 1.